The van der Waals surface area contributed by atoms with Crippen molar-refractivity contribution in [1.29, 1.82) is 0 Å². The van der Waals surface area contributed by atoms with E-state index in [0.717, 1.165) is 32.1 Å². The van der Waals surface area contributed by atoms with Gasteiger partial charge in [0, 0.05) is 26.4 Å². The molecule has 5 heteroatoms. The van der Waals surface area contributed by atoms with Crippen LogP contribution >= 0.6 is 0 Å². The van der Waals surface area contributed by atoms with E-state index in [1.807, 2.05) is 0 Å². The fourth-order valence-electron chi connectivity index (χ4n) is 2.08. The van der Waals surface area contributed by atoms with Crippen LogP contribution in [0.1, 0.15) is 32.1 Å². The third-order valence-electron chi connectivity index (χ3n) is 3.21. The molecule has 1 aliphatic rings. The molecule has 106 valence electrons. The molecule has 1 fully saturated rings. The normalized spacial score (nSPS) is 23.9. The summed E-state index contributed by atoms with van der Waals surface area (Å²) in [5.41, 5.74) is 5.79. The Hall–Kier alpha value is -0.650. The third-order valence-corrected chi connectivity index (χ3v) is 3.21. The van der Waals surface area contributed by atoms with Gasteiger partial charge in [0.2, 0.25) is 0 Å². The van der Waals surface area contributed by atoms with Crippen LogP contribution in [0.15, 0.2) is 0 Å². The Kier molecular flexibility index (Phi) is 7.96. The van der Waals surface area contributed by atoms with Gasteiger partial charge in [0.25, 0.3) is 0 Å². The molecule has 0 radical (unpaired) electrons. The highest BCUT2D eigenvalue weighted by molar-refractivity contribution is 5.72. The molecule has 0 heterocycles. The van der Waals surface area contributed by atoms with Gasteiger partial charge in [0.1, 0.15) is 6.61 Å². The van der Waals surface area contributed by atoms with E-state index in [1.165, 1.54) is 0 Å². The Labute approximate surface area is 109 Å². The smallest absolute Gasteiger partial charge is 0.309 e. The minimum Gasteiger partial charge on any atom is -0.463 e. The van der Waals surface area contributed by atoms with E-state index in [-0.39, 0.29) is 17.9 Å². The first kappa shape index (κ1) is 15.4. The van der Waals surface area contributed by atoms with Crippen LogP contribution < -0.4 is 5.73 Å². The Morgan fingerprint density at radius 2 is 1.83 bits per heavy atom. The first-order valence-corrected chi connectivity index (χ1v) is 6.73. The summed E-state index contributed by atoms with van der Waals surface area (Å²) in [7, 11) is 1.66. The van der Waals surface area contributed by atoms with Crippen LogP contribution in [0.25, 0.3) is 0 Å². The molecule has 1 rings (SSSR count). The van der Waals surface area contributed by atoms with Gasteiger partial charge >= 0.3 is 5.97 Å². The summed E-state index contributed by atoms with van der Waals surface area (Å²) < 4.78 is 15.4. The molecule has 1 saturated carbocycles. The van der Waals surface area contributed by atoms with Crippen molar-refractivity contribution < 1.29 is 19.0 Å². The molecule has 18 heavy (non-hydrogen) atoms. The molecule has 0 amide bonds. The highest BCUT2D eigenvalue weighted by Crippen LogP contribution is 2.24. The maximum absolute atomic E-state index is 11.7. The topological polar surface area (TPSA) is 70.8 Å². The number of nitrogens with two attached hydrogens (primary N) is 1. The Bertz CT molecular complexity index is 227. The van der Waals surface area contributed by atoms with Gasteiger partial charge in [-0.1, -0.05) is 0 Å². The van der Waals surface area contributed by atoms with Crippen LogP contribution in [-0.2, 0) is 19.0 Å². The number of hydrogen-bond donors (Lipinski definition) is 1. The molecule has 0 atom stereocenters. The van der Waals surface area contributed by atoms with Gasteiger partial charge in [0.15, 0.2) is 0 Å². The number of hydrogen-bond acceptors (Lipinski definition) is 5. The average Bonchev–Trinajstić information content (AvgIpc) is 2.38. The van der Waals surface area contributed by atoms with Crippen molar-refractivity contribution in [3.8, 4) is 0 Å². The number of carbonyl (C=O) groups excluding carboxylic acids is 1. The minimum atomic E-state index is -0.0950. The quantitative estimate of drug-likeness (QED) is 0.522. The zero-order chi connectivity index (χ0) is 13.2. The second-order valence-electron chi connectivity index (χ2n) is 4.74. The Morgan fingerprint density at radius 3 is 2.50 bits per heavy atom. The van der Waals surface area contributed by atoms with Gasteiger partial charge in [-0.15, -0.1) is 0 Å². The monoisotopic (exact) mass is 259 g/mol. The standard InChI is InChI=1S/C13H25NO4/c1-16-7-2-8-17-9-10-18-13(15)11-3-5-12(14)6-4-11/h11-12H,2-10,14H2,1H3. The largest absolute Gasteiger partial charge is 0.463 e. The van der Waals surface area contributed by atoms with Crippen LogP contribution in [0.4, 0.5) is 0 Å². The number of esters is 1. The molecule has 0 bridgehead atoms. The molecule has 0 aromatic carbocycles. The SMILES string of the molecule is COCCCOCCOC(=O)C1CCC(N)CC1. The summed E-state index contributed by atoms with van der Waals surface area (Å²) in [5, 5.41) is 0. The molecule has 2 N–H and O–H groups in total. The molecule has 0 aromatic heterocycles. The van der Waals surface area contributed by atoms with Gasteiger partial charge < -0.3 is 19.9 Å². The maximum Gasteiger partial charge on any atom is 0.309 e. The summed E-state index contributed by atoms with van der Waals surface area (Å²) in [6.45, 7) is 2.14. The van der Waals surface area contributed by atoms with Gasteiger partial charge in [-0.3, -0.25) is 4.79 Å². The van der Waals surface area contributed by atoms with Crippen LogP contribution in [0.5, 0.6) is 0 Å². The predicted octanol–water partition coefficient (Wildman–Crippen LogP) is 1.10. The summed E-state index contributed by atoms with van der Waals surface area (Å²) in [5.74, 6) is -0.0549. The second kappa shape index (κ2) is 9.30. The number of rotatable bonds is 8. The molecular formula is C13H25NO4. The van der Waals surface area contributed by atoms with Crippen LogP contribution in [0, 0.1) is 5.92 Å². The van der Waals surface area contributed by atoms with Crippen LogP contribution in [0.2, 0.25) is 0 Å². The third kappa shape index (κ3) is 6.33. The minimum absolute atomic E-state index is 0.0401. The van der Waals surface area contributed by atoms with Crippen molar-refractivity contribution in [2.45, 2.75) is 38.1 Å². The number of ether oxygens (including phenoxy) is 3. The van der Waals surface area contributed by atoms with Gasteiger partial charge in [-0.05, 0) is 32.1 Å². The van der Waals surface area contributed by atoms with Crippen molar-refractivity contribution in [1.82, 2.24) is 0 Å². The van der Waals surface area contributed by atoms with E-state index in [2.05, 4.69) is 0 Å². The molecular weight excluding hydrogens is 234 g/mol. The van der Waals surface area contributed by atoms with E-state index < -0.39 is 0 Å². The Morgan fingerprint density at radius 1 is 1.11 bits per heavy atom. The number of methoxy groups -OCH3 is 1. The molecule has 5 nitrogen and oxygen atoms in total. The second-order valence-corrected chi connectivity index (χ2v) is 4.74. The van der Waals surface area contributed by atoms with Crippen LogP contribution in [-0.4, -0.2) is 45.5 Å². The lowest BCUT2D eigenvalue weighted by Crippen LogP contribution is -2.31. The summed E-state index contributed by atoms with van der Waals surface area (Å²) in [6.07, 6.45) is 4.43. The average molecular weight is 259 g/mol. The predicted molar refractivity (Wildman–Crippen MR) is 68.2 cm³/mol. The molecule has 0 spiro atoms. The lowest BCUT2D eigenvalue weighted by molar-refractivity contribution is -0.151. The van der Waals surface area contributed by atoms with Gasteiger partial charge in [-0.25, -0.2) is 0 Å². The van der Waals surface area contributed by atoms with E-state index in [9.17, 15) is 4.79 Å². The van der Waals surface area contributed by atoms with Crippen molar-refractivity contribution in [3.05, 3.63) is 0 Å². The molecule has 0 unspecified atom stereocenters. The van der Waals surface area contributed by atoms with E-state index in [0.29, 0.717) is 26.4 Å². The lowest BCUT2D eigenvalue weighted by Gasteiger charge is -2.24. The van der Waals surface area contributed by atoms with E-state index in [4.69, 9.17) is 19.9 Å². The summed E-state index contributed by atoms with van der Waals surface area (Å²) in [4.78, 5) is 11.7. The summed E-state index contributed by atoms with van der Waals surface area (Å²) in [6, 6.07) is 0.262. The highest BCUT2D eigenvalue weighted by atomic mass is 16.6. The lowest BCUT2D eigenvalue weighted by atomic mass is 9.86. The van der Waals surface area contributed by atoms with Crippen molar-refractivity contribution >= 4 is 5.97 Å². The molecule has 0 aromatic rings. The molecule has 1 aliphatic carbocycles. The van der Waals surface area contributed by atoms with Crippen molar-refractivity contribution in [2.75, 3.05) is 33.5 Å². The zero-order valence-corrected chi connectivity index (χ0v) is 11.2. The highest BCUT2D eigenvalue weighted by Gasteiger charge is 2.25. The van der Waals surface area contributed by atoms with Crippen LogP contribution in [0.3, 0.4) is 0 Å². The molecule has 0 aliphatic heterocycles. The van der Waals surface area contributed by atoms with Crippen molar-refractivity contribution in [3.63, 3.8) is 0 Å². The first-order chi connectivity index (χ1) is 8.74. The number of carbonyl (C=O) groups is 1. The van der Waals surface area contributed by atoms with Gasteiger partial charge in [0.05, 0.1) is 12.5 Å². The van der Waals surface area contributed by atoms with E-state index >= 15 is 0 Å². The van der Waals surface area contributed by atoms with E-state index in [1.54, 1.807) is 7.11 Å². The fourth-order valence-corrected chi connectivity index (χ4v) is 2.08. The first-order valence-electron chi connectivity index (χ1n) is 6.73. The van der Waals surface area contributed by atoms with Crippen molar-refractivity contribution in [2.24, 2.45) is 11.7 Å². The summed E-state index contributed by atoms with van der Waals surface area (Å²) >= 11 is 0. The Balaban J connectivity index is 1.96. The fraction of sp³-hybridized carbons (Fsp3) is 0.923. The van der Waals surface area contributed by atoms with Gasteiger partial charge in [-0.2, -0.15) is 0 Å². The molecule has 0 saturated heterocycles. The zero-order valence-electron chi connectivity index (χ0n) is 11.2. The maximum atomic E-state index is 11.7.